The van der Waals surface area contributed by atoms with Crippen LogP contribution in [0, 0.1) is 6.92 Å². The van der Waals surface area contributed by atoms with Crippen LogP contribution in [0.1, 0.15) is 11.5 Å². The third kappa shape index (κ3) is 2.30. The number of nitrogens with zero attached hydrogens (tertiary/aromatic N) is 1. The summed E-state index contributed by atoms with van der Waals surface area (Å²) < 4.78 is 10.0. The number of carbonyl (C=O) groups is 1. The molecule has 0 fully saturated rings. The molecule has 2 heterocycles. The molecule has 0 saturated carbocycles. The van der Waals surface area contributed by atoms with Crippen molar-refractivity contribution in [2.75, 3.05) is 7.11 Å². The van der Waals surface area contributed by atoms with Crippen LogP contribution in [-0.2, 0) is 16.0 Å². The van der Waals surface area contributed by atoms with E-state index in [-0.39, 0.29) is 12.4 Å². The summed E-state index contributed by atoms with van der Waals surface area (Å²) >= 11 is 1.46. The highest BCUT2D eigenvalue weighted by Gasteiger charge is 2.10. The first-order valence-corrected chi connectivity index (χ1v) is 5.65. The lowest BCUT2D eigenvalue weighted by atomic mass is 10.3. The summed E-state index contributed by atoms with van der Waals surface area (Å²) in [6.45, 7) is 1.88. The van der Waals surface area contributed by atoms with Crippen LogP contribution in [0.4, 0.5) is 0 Å². The molecule has 0 unspecified atom stereocenters. The SMILES string of the molecule is COC(=O)Cc1csc(-c2ccc(C)o2)n1. The Bertz CT molecular complexity index is 501. The number of aromatic nitrogens is 1. The van der Waals surface area contributed by atoms with Crippen molar-refractivity contribution in [3.63, 3.8) is 0 Å². The van der Waals surface area contributed by atoms with E-state index in [4.69, 9.17) is 4.42 Å². The third-order valence-electron chi connectivity index (χ3n) is 2.06. The summed E-state index contributed by atoms with van der Waals surface area (Å²) in [5.41, 5.74) is 0.709. The van der Waals surface area contributed by atoms with E-state index in [0.29, 0.717) is 5.69 Å². The van der Waals surface area contributed by atoms with E-state index in [1.807, 2.05) is 24.4 Å². The zero-order valence-electron chi connectivity index (χ0n) is 9.02. The van der Waals surface area contributed by atoms with E-state index in [2.05, 4.69) is 9.72 Å². The van der Waals surface area contributed by atoms with Crippen LogP contribution in [-0.4, -0.2) is 18.1 Å². The molecule has 0 aliphatic carbocycles. The fourth-order valence-corrected chi connectivity index (χ4v) is 2.05. The first-order chi connectivity index (χ1) is 7.69. The normalized spacial score (nSPS) is 10.4. The van der Waals surface area contributed by atoms with Gasteiger partial charge in [-0.25, -0.2) is 4.98 Å². The van der Waals surface area contributed by atoms with Gasteiger partial charge in [-0.3, -0.25) is 4.79 Å². The van der Waals surface area contributed by atoms with Gasteiger partial charge in [0.1, 0.15) is 5.76 Å². The fraction of sp³-hybridized carbons (Fsp3) is 0.273. The summed E-state index contributed by atoms with van der Waals surface area (Å²) in [4.78, 5) is 15.4. The standard InChI is InChI=1S/C11H11NO3S/c1-7-3-4-9(15-7)11-12-8(6-16-11)5-10(13)14-2/h3-4,6H,5H2,1-2H3. The van der Waals surface area contributed by atoms with Gasteiger partial charge in [0.05, 0.1) is 19.2 Å². The fourth-order valence-electron chi connectivity index (χ4n) is 1.27. The minimum Gasteiger partial charge on any atom is -0.469 e. The van der Waals surface area contributed by atoms with Crippen molar-refractivity contribution in [2.45, 2.75) is 13.3 Å². The monoisotopic (exact) mass is 237 g/mol. The minimum absolute atomic E-state index is 0.201. The molecule has 0 atom stereocenters. The van der Waals surface area contributed by atoms with Gasteiger partial charge in [0.2, 0.25) is 0 Å². The van der Waals surface area contributed by atoms with Gasteiger partial charge in [0, 0.05) is 5.38 Å². The Morgan fingerprint density at radius 3 is 3.00 bits per heavy atom. The topological polar surface area (TPSA) is 52.3 Å². The van der Waals surface area contributed by atoms with Gasteiger partial charge in [-0.1, -0.05) is 0 Å². The molecule has 5 heteroatoms. The van der Waals surface area contributed by atoms with Gasteiger partial charge >= 0.3 is 5.97 Å². The molecule has 2 aromatic rings. The Labute approximate surface area is 96.9 Å². The lowest BCUT2D eigenvalue weighted by molar-refractivity contribution is -0.139. The second kappa shape index (κ2) is 4.49. The molecule has 16 heavy (non-hydrogen) atoms. The van der Waals surface area contributed by atoms with Crippen molar-refractivity contribution in [1.82, 2.24) is 4.98 Å². The molecule has 0 bridgehead atoms. The Morgan fingerprint density at radius 1 is 1.56 bits per heavy atom. The van der Waals surface area contributed by atoms with Crippen LogP contribution in [0.25, 0.3) is 10.8 Å². The van der Waals surface area contributed by atoms with E-state index >= 15 is 0 Å². The zero-order chi connectivity index (χ0) is 11.5. The van der Waals surface area contributed by atoms with Gasteiger partial charge in [0.25, 0.3) is 0 Å². The number of hydrogen-bond donors (Lipinski definition) is 0. The molecule has 0 saturated heterocycles. The molecular formula is C11H11NO3S. The van der Waals surface area contributed by atoms with Gasteiger partial charge < -0.3 is 9.15 Å². The van der Waals surface area contributed by atoms with E-state index in [1.54, 1.807) is 0 Å². The predicted molar refractivity (Wildman–Crippen MR) is 60.3 cm³/mol. The van der Waals surface area contributed by atoms with Gasteiger partial charge in [-0.15, -0.1) is 11.3 Å². The number of rotatable bonds is 3. The van der Waals surface area contributed by atoms with E-state index < -0.39 is 0 Å². The number of ether oxygens (including phenoxy) is 1. The van der Waals surface area contributed by atoms with Gasteiger partial charge in [-0.05, 0) is 19.1 Å². The molecule has 2 rings (SSSR count). The smallest absolute Gasteiger partial charge is 0.311 e. The van der Waals surface area contributed by atoms with Crippen molar-refractivity contribution < 1.29 is 13.9 Å². The number of esters is 1. The molecule has 0 aromatic carbocycles. The molecule has 0 aliphatic heterocycles. The highest BCUT2D eigenvalue weighted by molar-refractivity contribution is 7.13. The van der Waals surface area contributed by atoms with E-state index in [1.165, 1.54) is 18.4 Å². The maximum atomic E-state index is 11.1. The first kappa shape index (κ1) is 10.9. The highest BCUT2D eigenvalue weighted by Crippen LogP contribution is 2.25. The summed E-state index contributed by atoms with van der Waals surface area (Å²) in [7, 11) is 1.37. The number of furan rings is 1. The molecular weight excluding hydrogens is 226 g/mol. The molecule has 2 aromatic heterocycles. The third-order valence-corrected chi connectivity index (χ3v) is 2.96. The number of hydrogen-bond acceptors (Lipinski definition) is 5. The summed E-state index contributed by atoms with van der Waals surface area (Å²) in [6.07, 6.45) is 0.201. The number of aryl methyl sites for hydroxylation is 1. The molecule has 0 amide bonds. The predicted octanol–water partition coefficient (Wildman–Crippen LogP) is 2.43. The lowest BCUT2D eigenvalue weighted by Gasteiger charge is -1.93. The van der Waals surface area contributed by atoms with Crippen LogP contribution in [0.3, 0.4) is 0 Å². The Hall–Kier alpha value is -1.62. The Morgan fingerprint density at radius 2 is 2.38 bits per heavy atom. The van der Waals surface area contributed by atoms with Crippen molar-refractivity contribution >= 4 is 17.3 Å². The van der Waals surface area contributed by atoms with Crippen LogP contribution in [0.2, 0.25) is 0 Å². The highest BCUT2D eigenvalue weighted by atomic mass is 32.1. The van der Waals surface area contributed by atoms with E-state index in [0.717, 1.165) is 16.5 Å². The van der Waals surface area contributed by atoms with Crippen molar-refractivity contribution in [3.05, 3.63) is 29.0 Å². The zero-order valence-corrected chi connectivity index (χ0v) is 9.84. The summed E-state index contributed by atoms with van der Waals surface area (Å²) in [5, 5.41) is 2.62. The lowest BCUT2D eigenvalue weighted by Crippen LogP contribution is -2.04. The van der Waals surface area contributed by atoms with Crippen LogP contribution < -0.4 is 0 Å². The largest absolute Gasteiger partial charge is 0.469 e. The minimum atomic E-state index is -0.285. The van der Waals surface area contributed by atoms with Gasteiger partial charge in [-0.2, -0.15) is 0 Å². The number of thiazole rings is 1. The summed E-state index contributed by atoms with van der Waals surface area (Å²) in [5.74, 6) is 1.30. The second-order valence-electron chi connectivity index (χ2n) is 3.31. The Kier molecular flexibility index (Phi) is 3.05. The Balaban J connectivity index is 2.16. The molecule has 0 aliphatic rings. The molecule has 84 valence electrons. The van der Waals surface area contributed by atoms with Crippen molar-refractivity contribution in [3.8, 4) is 10.8 Å². The molecule has 4 nitrogen and oxygen atoms in total. The first-order valence-electron chi connectivity index (χ1n) is 4.77. The van der Waals surface area contributed by atoms with Crippen LogP contribution in [0.5, 0.6) is 0 Å². The number of methoxy groups -OCH3 is 1. The molecule has 0 N–H and O–H groups in total. The van der Waals surface area contributed by atoms with Crippen LogP contribution >= 0.6 is 11.3 Å². The average molecular weight is 237 g/mol. The molecule has 0 radical (unpaired) electrons. The molecule has 0 spiro atoms. The van der Waals surface area contributed by atoms with E-state index in [9.17, 15) is 4.79 Å². The summed E-state index contributed by atoms with van der Waals surface area (Å²) in [6, 6.07) is 3.76. The van der Waals surface area contributed by atoms with Crippen molar-refractivity contribution in [2.24, 2.45) is 0 Å². The number of carbonyl (C=O) groups excluding carboxylic acids is 1. The van der Waals surface area contributed by atoms with Crippen molar-refractivity contribution in [1.29, 1.82) is 0 Å². The maximum absolute atomic E-state index is 11.1. The average Bonchev–Trinajstić information content (AvgIpc) is 2.87. The second-order valence-corrected chi connectivity index (χ2v) is 4.17. The quantitative estimate of drug-likeness (QED) is 0.769. The van der Waals surface area contributed by atoms with Gasteiger partial charge in [0.15, 0.2) is 10.8 Å². The maximum Gasteiger partial charge on any atom is 0.311 e. The van der Waals surface area contributed by atoms with Crippen LogP contribution in [0.15, 0.2) is 21.9 Å².